The lowest BCUT2D eigenvalue weighted by atomic mass is 10.1. The van der Waals surface area contributed by atoms with Crippen LogP contribution >= 0.6 is 0 Å². The molecule has 0 spiro atoms. The van der Waals surface area contributed by atoms with Crippen LogP contribution in [0.5, 0.6) is 11.5 Å². The SMILES string of the molecule is Cc1c(F)cccc1-c1ccc(C2N=C(N)Nc3nc4cc5c(cc4n32)OCCCO5)o1. The highest BCUT2D eigenvalue weighted by Gasteiger charge is 2.29. The Morgan fingerprint density at radius 3 is 2.78 bits per heavy atom. The van der Waals surface area contributed by atoms with E-state index in [1.165, 1.54) is 6.07 Å². The number of anilines is 1. The monoisotopic (exact) mass is 433 g/mol. The second kappa shape index (κ2) is 7.01. The highest BCUT2D eigenvalue weighted by molar-refractivity contribution is 5.95. The van der Waals surface area contributed by atoms with E-state index in [0.29, 0.717) is 53.3 Å². The fourth-order valence-electron chi connectivity index (χ4n) is 4.13. The lowest BCUT2D eigenvalue weighted by Gasteiger charge is -2.22. The maximum absolute atomic E-state index is 14.1. The number of hydrogen-bond donors (Lipinski definition) is 2. The molecule has 4 heterocycles. The average molecular weight is 433 g/mol. The second-order valence-corrected chi connectivity index (χ2v) is 7.77. The maximum atomic E-state index is 14.1. The van der Waals surface area contributed by atoms with Crippen LogP contribution in [0.3, 0.4) is 0 Å². The highest BCUT2D eigenvalue weighted by atomic mass is 19.1. The molecule has 162 valence electrons. The molecular formula is C23H20FN5O3. The molecule has 0 bridgehead atoms. The molecule has 0 saturated carbocycles. The number of nitrogens with two attached hydrogens (primary N) is 1. The van der Waals surface area contributed by atoms with Crippen molar-refractivity contribution in [1.82, 2.24) is 9.55 Å². The van der Waals surface area contributed by atoms with Gasteiger partial charge in [0.25, 0.3) is 0 Å². The first-order chi connectivity index (χ1) is 15.6. The Bertz CT molecular complexity index is 1390. The molecule has 1 unspecified atom stereocenters. The third kappa shape index (κ3) is 2.89. The van der Waals surface area contributed by atoms with E-state index in [4.69, 9.17) is 19.6 Å². The molecule has 8 nitrogen and oxygen atoms in total. The van der Waals surface area contributed by atoms with Gasteiger partial charge in [0.05, 0.1) is 24.2 Å². The number of hydrogen-bond acceptors (Lipinski definition) is 7. The van der Waals surface area contributed by atoms with Gasteiger partial charge in [-0.15, -0.1) is 0 Å². The summed E-state index contributed by atoms with van der Waals surface area (Å²) in [7, 11) is 0. The second-order valence-electron chi connectivity index (χ2n) is 7.77. The van der Waals surface area contributed by atoms with Crippen molar-refractivity contribution in [3.63, 3.8) is 0 Å². The molecule has 6 rings (SSSR count). The van der Waals surface area contributed by atoms with Crippen molar-refractivity contribution >= 4 is 22.9 Å². The molecule has 0 fully saturated rings. The standard InChI is InChI=1S/C23H20FN5O3/c1-12-13(4-2-5-14(12)24)17-6-7-18(32-17)21-27-22(25)28-23-26-15-10-19-20(11-16(15)29(21)23)31-9-3-8-30-19/h2,4-7,10-11,21H,3,8-9H2,1H3,(H3,25,26,27,28). The molecule has 0 saturated heterocycles. The van der Waals surface area contributed by atoms with Crippen molar-refractivity contribution < 1.29 is 18.3 Å². The summed E-state index contributed by atoms with van der Waals surface area (Å²) in [5.74, 6) is 2.92. The predicted octanol–water partition coefficient (Wildman–Crippen LogP) is 4.19. The summed E-state index contributed by atoms with van der Waals surface area (Å²) in [6.45, 7) is 2.90. The number of nitrogens with one attached hydrogen (secondary N) is 1. The summed E-state index contributed by atoms with van der Waals surface area (Å²) >= 11 is 0. The molecule has 0 amide bonds. The first-order valence-electron chi connectivity index (χ1n) is 10.4. The minimum Gasteiger partial charge on any atom is -0.489 e. The number of benzene rings is 2. The van der Waals surface area contributed by atoms with Crippen LogP contribution < -0.4 is 20.5 Å². The van der Waals surface area contributed by atoms with E-state index in [1.54, 1.807) is 13.0 Å². The van der Waals surface area contributed by atoms with Gasteiger partial charge in [-0.25, -0.2) is 14.4 Å². The van der Waals surface area contributed by atoms with Crippen LogP contribution in [0.1, 0.15) is 23.9 Å². The molecule has 4 aromatic rings. The quantitative estimate of drug-likeness (QED) is 0.492. The van der Waals surface area contributed by atoms with Crippen molar-refractivity contribution in [2.45, 2.75) is 19.5 Å². The summed E-state index contributed by atoms with van der Waals surface area (Å²) in [6, 6.07) is 12.3. The fraction of sp³-hybridized carbons (Fsp3) is 0.217. The lowest BCUT2D eigenvalue weighted by molar-refractivity contribution is 0.297. The summed E-state index contributed by atoms with van der Waals surface area (Å²) in [5, 5.41) is 3.01. The van der Waals surface area contributed by atoms with Gasteiger partial charge in [0, 0.05) is 24.1 Å². The Labute approximate surface area is 182 Å². The molecule has 2 aliphatic rings. The Morgan fingerprint density at radius 2 is 1.94 bits per heavy atom. The third-order valence-electron chi connectivity index (χ3n) is 5.72. The normalized spacial score (nSPS) is 17.4. The Hall–Kier alpha value is -4.01. The van der Waals surface area contributed by atoms with Crippen LogP contribution in [0.15, 0.2) is 51.9 Å². The van der Waals surface area contributed by atoms with Gasteiger partial charge in [-0.3, -0.25) is 9.88 Å². The topological polar surface area (TPSA) is 99.8 Å². The molecule has 3 N–H and O–H groups in total. The maximum Gasteiger partial charge on any atom is 0.212 e. The van der Waals surface area contributed by atoms with Gasteiger partial charge in [-0.05, 0) is 30.7 Å². The smallest absolute Gasteiger partial charge is 0.212 e. The number of halogens is 1. The first-order valence-corrected chi connectivity index (χ1v) is 10.4. The van der Waals surface area contributed by atoms with Gasteiger partial charge < -0.3 is 19.6 Å². The van der Waals surface area contributed by atoms with E-state index in [2.05, 4.69) is 15.3 Å². The summed E-state index contributed by atoms with van der Waals surface area (Å²) < 4.78 is 33.8. The summed E-state index contributed by atoms with van der Waals surface area (Å²) in [4.78, 5) is 9.23. The number of aromatic nitrogens is 2. The van der Waals surface area contributed by atoms with E-state index in [9.17, 15) is 4.39 Å². The van der Waals surface area contributed by atoms with Crippen LogP contribution in [0.25, 0.3) is 22.4 Å². The minimum atomic E-state index is -0.580. The molecule has 2 aromatic heterocycles. The molecule has 0 aliphatic carbocycles. The number of rotatable bonds is 2. The van der Waals surface area contributed by atoms with Gasteiger partial charge in [0.15, 0.2) is 23.6 Å². The number of aliphatic imine (C=N–C) groups is 1. The average Bonchev–Trinajstić information content (AvgIpc) is 3.32. The van der Waals surface area contributed by atoms with Crippen molar-refractivity contribution in [1.29, 1.82) is 0 Å². The van der Waals surface area contributed by atoms with Crippen LogP contribution in [0.4, 0.5) is 10.3 Å². The summed E-state index contributed by atoms with van der Waals surface area (Å²) in [5.41, 5.74) is 8.79. The van der Waals surface area contributed by atoms with Gasteiger partial charge in [-0.2, -0.15) is 0 Å². The van der Waals surface area contributed by atoms with Crippen molar-refractivity contribution in [2.24, 2.45) is 10.7 Å². The highest BCUT2D eigenvalue weighted by Crippen LogP contribution is 2.40. The predicted molar refractivity (Wildman–Crippen MR) is 118 cm³/mol. The number of imidazole rings is 1. The van der Waals surface area contributed by atoms with Crippen LogP contribution in [0.2, 0.25) is 0 Å². The van der Waals surface area contributed by atoms with Crippen LogP contribution in [0, 0.1) is 12.7 Å². The first kappa shape index (κ1) is 18.7. The van der Waals surface area contributed by atoms with E-state index in [0.717, 1.165) is 17.5 Å². The van der Waals surface area contributed by atoms with E-state index < -0.39 is 6.17 Å². The van der Waals surface area contributed by atoms with Crippen LogP contribution in [-0.2, 0) is 0 Å². The fourth-order valence-corrected chi connectivity index (χ4v) is 4.13. The van der Waals surface area contributed by atoms with E-state index >= 15 is 0 Å². The minimum absolute atomic E-state index is 0.228. The van der Waals surface area contributed by atoms with Gasteiger partial charge in [-0.1, -0.05) is 12.1 Å². The molecule has 0 radical (unpaired) electrons. The van der Waals surface area contributed by atoms with Crippen molar-refractivity contribution in [3.8, 4) is 22.8 Å². The van der Waals surface area contributed by atoms with Crippen molar-refractivity contribution in [3.05, 3.63) is 59.6 Å². The number of furan rings is 1. The van der Waals surface area contributed by atoms with Gasteiger partial charge in [0.1, 0.15) is 17.3 Å². The largest absolute Gasteiger partial charge is 0.489 e. The van der Waals surface area contributed by atoms with Gasteiger partial charge in [0.2, 0.25) is 5.95 Å². The van der Waals surface area contributed by atoms with Crippen LogP contribution in [-0.4, -0.2) is 28.7 Å². The zero-order valence-corrected chi connectivity index (χ0v) is 17.3. The molecular weight excluding hydrogens is 413 g/mol. The molecule has 2 aliphatic heterocycles. The molecule has 32 heavy (non-hydrogen) atoms. The number of guanidine groups is 1. The Balaban J connectivity index is 1.48. The number of ether oxygens (including phenoxy) is 2. The number of fused-ring (bicyclic) bond motifs is 4. The van der Waals surface area contributed by atoms with E-state index in [-0.39, 0.29) is 11.8 Å². The lowest BCUT2D eigenvalue weighted by Crippen LogP contribution is -2.31. The van der Waals surface area contributed by atoms with Gasteiger partial charge >= 0.3 is 0 Å². The molecule has 2 aromatic carbocycles. The Morgan fingerprint density at radius 1 is 1.12 bits per heavy atom. The van der Waals surface area contributed by atoms with E-state index in [1.807, 2.05) is 34.9 Å². The zero-order chi connectivity index (χ0) is 21.8. The van der Waals surface area contributed by atoms with Crippen molar-refractivity contribution in [2.75, 3.05) is 18.5 Å². The molecule has 1 atom stereocenters. The summed E-state index contributed by atoms with van der Waals surface area (Å²) in [6.07, 6.45) is 0.237. The number of nitrogens with zero attached hydrogens (tertiary/aromatic N) is 3. The Kier molecular flexibility index (Phi) is 4.11. The molecule has 9 heteroatoms. The third-order valence-corrected chi connectivity index (χ3v) is 5.72. The zero-order valence-electron chi connectivity index (χ0n) is 17.3.